The summed E-state index contributed by atoms with van der Waals surface area (Å²) in [6.07, 6.45) is 0. The van der Waals surface area contributed by atoms with Crippen LogP contribution in [0.2, 0.25) is 0 Å². The summed E-state index contributed by atoms with van der Waals surface area (Å²) in [6.45, 7) is 0.466. The summed E-state index contributed by atoms with van der Waals surface area (Å²) in [5.74, 6) is 0.597. The predicted molar refractivity (Wildman–Crippen MR) is 65.2 cm³/mol. The summed E-state index contributed by atoms with van der Waals surface area (Å²) in [7, 11) is 0. The van der Waals surface area contributed by atoms with Crippen molar-refractivity contribution in [1.82, 2.24) is 9.97 Å². The minimum absolute atomic E-state index is 0.00227. The number of aromatic amines is 1. The summed E-state index contributed by atoms with van der Waals surface area (Å²) >= 11 is 0. The van der Waals surface area contributed by atoms with E-state index in [4.69, 9.17) is 5.73 Å². The van der Waals surface area contributed by atoms with Gasteiger partial charge in [0.2, 0.25) is 5.95 Å². The molecule has 1 aromatic heterocycles. The highest BCUT2D eigenvalue weighted by atomic mass is 16.3. The van der Waals surface area contributed by atoms with Gasteiger partial charge in [0, 0.05) is 31.1 Å². The van der Waals surface area contributed by atoms with E-state index in [2.05, 4.69) is 15.3 Å². The van der Waals surface area contributed by atoms with E-state index in [1.165, 1.54) is 0 Å². The molecule has 0 aromatic carbocycles. The number of aliphatic hydroxyl groups is 2. The molecule has 1 aromatic rings. The standard InChI is InChI=1S/C10H15N5O3/c11-10-13-8-6(9(18)14-10)12-3-15(8)7-4(1-16)5(7)2-17/h4-5,7,12,16-17H,1-3H2,(H3,11,13,14,18). The van der Waals surface area contributed by atoms with Crippen LogP contribution in [0.3, 0.4) is 0 Å². The van der Waals surface area contributed by atoms with Gasteiger partial charge in [0.15, 0.2) is 5.82 Å². The first-order valence-corrected chi connectivity index (χ1v) is 5.79. The first-order chi connectivity index (χ1) is 8.67. The minimum Gasteiger partial charge on any atom is -0.396 e. The molecule has 2 atom stereocenters. The van der Waals surface area contributed by atoms with Crippen LogP contribution in [0, 0.1) is 11.8 Å². The highest BCUT2D eigenvalue weighted by molar-refractivity contribution is 5.71. The number of aromatic nitrogens is 2. The van der Waals surface area contributed by atoms with Gasteiger partial charge in [0.25, 0.3) is 5.56 Å². The van der Waals surface area contributed by atoms with Crippen LogP contribution < -0.4 is 21.5 Å². The predicted octanol–water partition coefficient (Wildman–Crippen LogP) is -1.86. The van der Waals surface area contributed by atoms with Crippen molar-refractivity contribution in [3.05, 3.63) is 10.4 Å². The van der Waals surface area contributed by atoms with Gasteiger partial charge in [-0.25, -0.2) is 0 Å². The second kappa shape index (κ2) is 3.85. The second-order valence-corrected chi connectivity index (χ2v) is 4.64. The zero-order chi connectivity index (χ0) is 12.9. The maximum absolute atomic E-state index is 11.7. The first kappa shape index (κ1) is 11.3. The molecule has 98 valence electrons. The molecule has 0 bridgehead atoms. The number of hydrogen-bond acceptors (Lipinski definition) is 7. The SMILES string of the molecule is Nc1nc2c(c(=O)[nH]1)NCN2C1C(CO)C1CO. The van der Waals surface area contributed by atoms with E-state index < -0.39 is 0 Å². The number of rotatable bonds is 3. The number of fused-ring (bicyclic) bond motifs is 1. The molecule has 0 amide bonds. The molecule has 1 aliphatic heterocycles. The van der Waals surface area contributed by atoms with Gasteiger partial charge in [0.1, 0.15) is 5.69 Å². The summed E-state index contributed by atoms with van der Waals surface area (Å²) in [6, 6.07) is 0.00227. The van der Waals surface area contributed by atoms with E-state index in [1.54, 1.807) is 0 Å². The average Bonchev–Trinajstić information content (AvgIpc) is 2.90. The molecule has 0 saturated heterocycles. The Hall–Kier alpha value is -1.80. The van der Waals surface area contributed by atoms with Crippen molar-refractivity contribution < 1.29 is 10.2 Å². The maximum Gasteiger partial charge on any atom is 0.277 e. The first-order valence-electron chi connectivity index (χ1n) is 5.79. The summed E-state index contributed by atoms with van der Waals surface area (Å²) in [5, 5.41) is 21.4. The molecule has 8 nitrogen and oxygen atoms in total. The third-order valence-electron chi connectivity index (χ3n) is 3.68. The van der Waals surface area contributed by atoms with Crippen molar-refractivity contribution >= 4 is 17.5 Å². The molecule has 0 radical (unpaired) electrons. The fourth-order valence-corrected chi connectivity index (χ4v) is 2.71. The van der Waals surface area contributed by atoms with Gasteiger partial charge >= 0.3 is 0 Å². The summed E-state index contributed by atoms with van der Waals surface area (Å²) < 4.78 is 0. The van der Waals surface area contributed by atoms with Gasteiger partial charge in [-0.3, -0.25) is 9.78 Å². The summed E-state index contributed by atoms with van der Waals surface area (Å²) in [4.78, 5) is 20.1. The monoisotopic (exact) mass is 253 g/mol. The Bertz CT molecular complexity index is 521. The third-order valence-corrected chi connectivity index (χ3v) is 3.68. The van der Waals surface area contributed by atoms with Crippen LogP contribution >= 0.6 is 0 Å². The fourth-order valence-electron chi connectivity index (χ4n) is 2.71. The molecule has 8 heteroatoms. The molecule has 0 spiro atoms. The van der Waals surface area contributed by atoms with Crippen molar-refractivity contribution in [3.8, 4) is 0 Å². The average molecular weight is 253 g/mol. The topological polar surface area (TPSA) is 128 Å². The van der Waals surface area contributed by atoms with Crippen molar-refractivity contribution in [2.45, 2.75) is 6.04 Å². The molecule has 6 N–H and O–H groups in total. The van der Waals surface area contributed by atoms with Crippen molar-refractivity contribution in [2.75, 3.05) is 35.8 Å². The molecule has 2 heterocycles. The van der Waals surface area contributed by atoms with E-state index in [1.807, 2.05) is 4.90 Å². The van der Waals surface area contributed by atoms with E-state index >= 15 is 0 Å². The highest BCUT2D eigenvalue weighted by Gasteiger charge is 2.54. The second-order valence-electron chi connectivity index (χ2n) is 4.64. The smallest absolute Gasteiger partial charge is 0.277 e. The Kier molecular flexibility index (Phi) is 2.42. The molecule has 3 rings (SSSR count). The lowest BCUT2D eigenvalue weighted by Gasteiger charge is -2.17. The number of nitrogens with one attached hydrogen (secondary N) is 2. The zero-order valence-corrected chi connectivity index (χ0v) is 9.63. The maximum atomic E-state index is 11.7. The number of nitrogens with zero attached hydrogens (tertiary/aromatic N) is 2. The number of H-pyrrole nitrogens is 1. The molecule has 1 fully saturated rings. The number of aliphatic hydroxyl groups excluding tert-OH is 2. The van der Waals surface area contributed by atoms with E-state index in [9.17, 15) is 15.0 Å². The third kappa shape index (κ3) is 1.46. The zero-order valence-electron chi connectivity index (χ0n) is 9.63. The highest BCUT2D eigenvalue weighted by Crippen LogP contribution is 2.46. The largest absolute Gasteiger partial charge is 0.396 e. The molecular formula is C10H15N5O3. The normalized spacial score (nSPS) is 29.0. The van der Waals surface area contributed by atoms with Gasteiger partial charge in [-0.1, -0.05) is 0 Å². The van der Waals surface area contributed by atoms with Crippen LogP contribution in [0.15, 0.2) is 4.79 Å². The number of nitrogens with two attached hydrogens (primary N) is 1. The molecular weight excluding hydrogens is 238 g/mol. The Morgan fingerprint density at radius 2 is 2.06 bits per heavy atom. The van der Waals surface area contributed by atoms with Crippen molar-refractivity contribution in [3.63, 3.8) is 0 Å². The van der Waals surface area contributed by atoms with Gasteiger partial charge in [-0.2, -0.15) is 4.98 Å². The lowest BCUT2D eigenvalue weighted by molar-refractivity contribution is 0.232. The Morgan fingerprint density at radius 3 is 2.67 bits per heavy atom. The lowest BCUT2D eigenvalue weighted by atomic mass is 10.3. The van der Waals surface area contributed by atoms with Crippen molar-refractivity contribution in [1.29, 1.82) is 0 Å². The Morgan fingerprint density at radius 1 is 1.39 bits per heavy atom. The number of anilines is 3. The van der Waals surface area contributed by atoms with Gasteiger partial charge < -0.3 is 26.2 Å². The van der Waals surface area contributed by atoms with Crippen LogP contribution in [0.1, 0.15) is 0 Å². The molecule has 2 unspecified atom stereocenters. The van der Waals surface area contributed by atoms with Gasteiger partial charge in [0.05, 0.1) is 6.67 Å². The number of hydrogen-bond donors (Lipinski definition) is 5. The van der Waals surface area contributed by atoms with E-state index in [0.29, 0.717) is 18.2 Å². The van der Waals surface area contributed by atoms with Crippen LogP contribution in [0.25, 0.3) is 0 Å². The van der Waals surface area contributed by atoms with Crippen LogP contribution in [0.4, 0.5) is 17.5 Å². The summed E-state index contributed by atoms with van der Waals surface area (Å²) in [5.41, 5.74) is 5.62. The number of nitrogen functional groups attached to an aromatic ring is 1. The Balaban J connectivity index is 1.94. The Labute approximate surface area is 102 Å². The van der Waals surface area contributed by atoms with Crippen LogP contribution in [0.5, 0.6) is 0 Å². The fraction of sp³-hybridized carbons (Fsp3) is 0.600. The molecule has 18 heavy (non-hydrogen) atoms. The van der Waals surface area contributed by atoms with Crippen LogP contribution in [-0.4, -0.2) is 46.1 Å². The molecule has 2 aliphatic rings. The van der Waals surface area contributed by atoms with Gasteiger partial charge in [-0.15, -0.1) is 0 Å². The van der Waals surface area contributed by atoms with Gasteiger partial charge in [-0.05, 0) is 0 Å². The minimum atomic E-state index is -0.304. The van der Waals surface area contributed by atoms with E-state index in [-0.39, 0.29) is 42.6 Å². The van der Waals surface area contributed by atoms with Crippen LogP contribution in [-0.2, 0) is 0 Å². The van der Waals surface area contributed by atoms with Crippen molar-refractivity contribution in [2.24, 2.45) is 11.8 Å². The molecule has 1 saturated carbocycles. The quantitative estimate of drug-likeness (QED) is 0.427. The van der Waals surface area contributed by atoms with E-state index in [0.717, 1.165) is 0 Å². The lowest BCUT2D eigenvalue weighted by Crippen LogP contribution is -2.29. The molecule has 1 aliphatic carbocycles.